The molecule has 722 valence electrons. The van der Waals surface area contributed by atoms with Crippen LogP contribution in [0.2, 0.25) is 10.0 Å². The number of phenolic OH excluding ortho intramolecular Hbond substituents is 5. The molecule has 1 aliphatic carbocycles. The fourth-order valence-electron chi connectivity index (χ4n) is 11.0. The zero-order chi connectivity index (χ0) is 105. The maximum Gasteiger partial charge on any atom is 0.294 e. The van der Waals surface area contributed by atoms with E-state index in [4.69, 9.17) is 150 Å². The summed E-state index contributed by atoms with van der Waals surface area (Å²) >= 11 is 11.2. The highest BCUT2D eigenvalue weighted by Gasteiger charge is 2.31. The van der Waals surface area contributed by atoms with E-state index in [2.05, 4.69) is 41.8 Å². The Morgan fingerprint density at radius 1 is 0.400 bits per heavy atom. The molecule has 0 spiro atoms. The normalized spacial score (nSPS) is 10.3. The Labute approximate surface area is 820 Å². The number of aromatic hydroxyl groups is 5. The maximum absolute atomic E-state index is 11.4. The fourth-order valence-corrected chi connectivity index (χ4v) is 11.3. The number of hydrogen-bond acceptors (Lipinski definition) is 29. The zero-order valence-electron chi connectivity index (χ0n) is 77.2. The number of nitro groups is 1. The molecule has 0 unspecified atom stereocenters. The van der Waals surface area contributed by atoms with E-state index in [1.165, 1.54) is 52.6 Å². The van der Waals surface area contributed by atoms with Gasteiger partial charge in [-0.1, -0.05) is 181 Å². The number of ketones is 3. The Kier molecular flexibility index (Phi) is 46.6. The largest absolute Gasteiger partial charge is 0.515 e. The van der Waals surface area contributed by atoms with Gasteiger partial charge in [0.1, 0.15) is 35.5 Å². The molecule has 140 heavy (non-hydrogen) atoms. The lowest BCUT2D eigenvalue weighted by Crippen LogP contribution is -2.20. The third-order valence-corrected chi connectivity index (χ3v) is 19.9. The first-order chi connectivity index (χ1) is 66.3. The first-order valence-corrected chi connectivity index (χ1v) is 42.4. The van der Waals surface area contributed by atoms with E-state index < -0.39 is 16.5 Å². The molecule has 0 bridgehead atoms. The maximum atomic E-state index is 11.4. The van der Waals surface area contributed by atoms with E-state index in [1.54, 1.807) is 112 Å². The van der Waals surface area contributed by atoms with Crippen molar-refractivity contribution in [1.29, 1.82) is 5.26 Å². The van der Waals surface area contributed by atoms with Crippen molar-refractivity contribution in [2.24, 2.45) is 0 Å². The van der Waals surface area contributed by atoms with Gasteiger partial charge in [-0.3, -0.25) is 34.1 Å². The van der Waals surface area contributed by atoms with Crippen LogP contribution in [0.4, 0.5) is 79.6 Å². The second kappa shape index (κ2) is 57.6. The summed E-state index contributed by atoms with van der Waals surface area (Å²) in [4.78, 5) is 66.1. The summed E-state index contributed by atoms with van der Waals surface area (Å²) in [7, 11) is 0. The lowest BCUT2D eigenvalue weighted by molar-refractivity contribution is -0.383. The molecule has 1 aliphatic rings. The van der Waals surface area contributed by atoms with Crippen molar-refractivity contribution in [3.05, 3.63) is 420 Å². The summed E-state index contributed by atoms with van der Waals surface area (Å²) < 4.78 is 0. The average molecular weight is 1930 g/mol. The average Bonchev–Trinajstić information content (AvgIpc) is 0.806. The minimum absolute atomic E-state index is 0.00954. The molecule has 0 fully saturated rings. The highest BCUT2D eigenvalue weighted by molar-refractivity contribution is 6.33. The van der Waals surface area contributed by atoms with Gasteiger partial charge in [-0.05, 0) is 230 Å². The number of halogens is 2. The van der Waals surface area contributed by atoms with Crippen LogP contribution in [0, 0.1) is 62.6 Å². The van der Waals surface area contributed by atoms with Crippen LogP contribution < -0.4 is 74.5 Å². The second-order valence-electron chi connectivity index (χ2n) is 30.0. The van der Waals surface area contributed by atoms with E-state index in [-0.39, 0.29) is 79.4 Å². The van der Waals surface area contributed by atoms with E-state index in [9.17, 15) is 34.1 Å². The molecule has 0 atom stereocenters. The molecule has 0 amide bonds. The standard InChI is InChI=1S/C18H16N2.C13H12O3.C12H12N2.C10H8N2.C8H12N2.C8H6O2.C7H9ClN2.C7H9NO2.C7H8O3.C6H6ClN3O2.C6H8N2.C5H4O3/c19-17-9-5-15(6-10-17)13-1-2-14(4-3-13)16-7-11-18(20)12-8-16;1-2-3-12(15)10-4-6-11(7-5-10)13(16)8-9-14;13-11-5-1-9(2-6-11)10-3-7-12(14)8-4-10;1-12-8-10-4-2-9(3-5-10)6-7-11;1-5-3-8(10)6(2)4-7(5)9;9-5-7-1-2-8(6-10)4-3-7;2*1-4-2-7(10)5(8)3-6(4)9;1-4-2-6(9)7(10)3-5(4)8;7-3-1-5(9)6(10(11)12)2-4(3)8;7-5-1-2-6(8)4-3-5;1-2-3(6)5(8)4(2)7/h1-12H,19-20H2;2-9,14H,1H3;1-8H,13-14H2;2-5H,6,8H2;3-4H,9-10H2,1-2H3;1-6H;2-3H,9-10H2,1H3;2-3,9-10H,8H2,1H3;2-3,8-10H,1H3;1-2H,8-9H2;1-4H,7-8H2;6,8H,1H2/b;3-2-,9-8-;;;;;;;;;;. The number of nitro benzene ring substituents is 1. The van der Waals surface area contributed by atoms with Gasteiger partial charge in [0.2, 0.25) is 18.1 Å². The van der Waals surface area contributed by atoms with Crippen molar-refractivity contribution in [2.75, 3.05) is 74.5 Å². The van der Waals surface area contributed by atoms with Gasteiger partial charge in [0.15, 0.2) is 28.8 Å². The van der Waals surface area contributed by atoms with Crippen LogP contribution in [0.25, 0.3) is 38.2 Å². The number of carbonyl (C=O) groups excluding carboxylic acids is 5. The minimum Gasteiger partial charge on any atom is -0.515 e. The number of carbonyl (C=O) groups is 5. The van der Waals surface area contributed by atoms with E-state index in [1.807, 2.05) is 154 Å². The van der Waals surface area contributed by atoms with Crippen molar-refractivity contribution in [3.8, 4) is 68.2 Å². The second-order valence-corrected chi connectivity index (χ2v) is 30.9. The van der Waals surface area contributed by atoms with E-state index >= 15 is 0 Å². The number of hydrogen-bond donors (Lipinski definition) is 21. The van der Waals surface area contributed by atoms with E-state index in [0.717, 1.165) is 115 Å². The number of aliphatic hydroxyl groups is 3. The third-order valence-electron chi connectivity index (χ3n) is 19.3. The van der Waals surface area contributed by atoms with Crippen LogP contribution in [0.15, 0.2) is 327 Å². The van der Waals surface area contributed by atoms with Crippen LogP contribution in [0.1, 0.15) is 87.3 Å². The lowest BCUT2D eigenvalue weighted by Gasteiger charge is -2.12. The highest BCUT2D eigenvalue weighted by Crippen LogP contribution is 2.34. The fraction of sp³-hybridized carbons (Fsp3) is 0.0748. The molecule has 0 saturated carbocycles. The smallest absolute Gasteiger partial charge is 0.294 e. The molecule has 33 heteroatoms. The van der Waals surface area contributed by atoms with Crippen molar-refractivity contribution in [2.45, 2.75) is 54.5 Å². The Balaban J connectivity index is 0.000000322. The Bertz CT molecular complexity index is 6040. The molecule has 0 heterocycles. The summed E-state index contributed by atoms with van der Waals surface area (Å²) in [6, 6.07) is 84.1. The topological polar surface area (TPSA) is 657 Å². The Hall–Kier alpha value is -18.9. The molecule has 14 aromatic rings. The van der Waals surface area contributed by atoms with Gasteiger partial charge < -0.3 is 120 Å². The predicted octanol–water partition coefficient (Wildman–Crippen LogP) is 21.0. The molecule has 14 aromatic carbocycles. The summed E-state index contributed by atoms with van der Waals surface area (Å²) in [6.07, 6.45) is 6.81. The quantitative estimate of drug-likeness (QED) is 0.00516. The SMILES string of the molecule is C/C=C\C(=O)c1ccc(C(=O)/C=C\O)cc1.C=C1C(=O)C(O)=C1O.Cc1cc(N)c(C)cc1N.Cc1cc(N)c(Cl)cc1N.Cc1cc(O)c(N)cc1O.Cc1cc(O)c(O)cc1O.Nc1cc([N+](=O)[O-])c(N)cc1Cl.Nc1ccc(-c2ccc(-c3ccc(N)cc3)cc2)cc1.Nc1ccc(-c2ccc(N)cc2)cc1.Nc1ccc(N)cc1.O=Cc1ccc(C=O)cc1.[C-]#[N+]Cc1ccc(CC#N)cc1. The molecule has 31 nitrogen and oxygen atoms in total. The number of phenols is 5. The number of nitriles is 1. The van der Waals surface area contributed by atoms with Crippen LogP contribution in [-0.4, -0.2) is 75.7 Å². The van der Waals surface area contributed by atoms with Gasteiger partial charge >= 0.3 is 0 Å². The lowest BCUT2D eigenvalue weighted by atomic mass is 9.98. The van der Waals surface area contributed by atoms with Crippen molar-refractivity contribution >= 4 is 133 Å². The number of rotatable bonds is 12. The molecule has 0 radical (unpaired) electrons. The summed E-state index contributed by atoms with van der Waals surface area (Å²) in [5.41, 5.74) is 94.6. The van der Waals surface area contributed by atoms with Crippen molar-refractivity contribution in [3.63, 3.8) is 0 Å². The van der Waals surface area contributed by atoms with Crippen LogP contribution >= 0.6 is 23.2 Å². The molecule has 0 aliphatic heterocycles. The van der Waals surface area contributed by atoms with Gasteiger partial charge in [-0.2, -0.15) is 5.26 Å². The number of aldehydes is 2. The Morgan fingerprint density at radius 3 is 1.01 bits per heavy atom. The molecular formula is C107H110Cl2N16O15. The number of nitrogen functional groups attached to an aromatic ring is 13. The van der Waals surface area contributed by atoms with Crippen molar-refractivity contribution in [1.82, 2.24) is 0 Å². The van der Waals surface area contributed by atoms with E-state index in [0.29, 0.717) is 69.0 Å². The first kappa shape index (κ1) is 113. The minimum atomic E-state index is -0.609. The Morgan fingerprint density at radius 2 is 0.707 bits per heavy atom. The summed E-state index contributed by atoms with van der Waals surface area (Å²) in [6.45, 7) is 21.1. The zero-order valence-corrected chi connectivity index (χ0v) is 78.7. The number of aryl methyl sites for hydroxylation is 5. The number of anilines is 13. The summed E-state index contributed by atoms with van der Waals surface area (Å²) in [5.74, 6) is -2.33. The molecule has 0 saturated heterocycles. The van der Waals surface area contributed by atoms with Crippen LogP contribution in [0.3, 0.4) is 0 Å². The predicted molar refractivity (Wildman–Crippen MR) is 565 cm³/mol. The molecular weight excluding hydrogens is 1820 g/mol. The molecule has 34 N–H and O–H groups in total. The molecule has 0 aromatic heterocycles. The van der Waals surface area contributed by atoms with Crippen molar-refractivity contribution < 1.29 is 69.7 Å². The number of benzene rings is 14. The summed E-state index contributed by atoms with van der Waals surface area (Å²) in [5, 5.41) is 89.4. The number of nitrogens with two attached hydrogens (primary N) is 13. The number of Topliss-reactive ketones (excluding diaryl/α,β-unsaturated/α-hetero) is 1. The molecule has 15 rings (SSSR count). The third kappa shape index (κ3) is 38.8. The number of aliphatic hydroxyl groups excluding tert-OH is 3. The van der Waals surface area contributed by atoms with Crippen LogP contribution in [-0.2, 0) is 17.8 Å². The highest BCUT2D eigenvalue weighted by atomic mass is 35.5. The van der Waals surface area contributed by atoms with Gasteiger partial charge in [0.05, 0.1) is 56.4 Å². The monoisotopic (exact) mass is 1930 g/mol. The van der Waals surface area contributed by atoms with Crippen LogP contribution in [0.5, 0.6) is 28.7 Å². The first-order valence-electron chi connectivity index (χ1n) is 41.6. The van der Waals surface area contributed by atoms with Gasteiger partial charge in [0, 0.05) is 103 Å². The number of nitrogens with zero attached hydrogens (tertiary/aromatic N) is 3. The number of allylic oxidation sites excluding steroid dienone is 5. The van der Waals surface area contributed by atoms with Gasteiger partial charge in [-0.15, -0.1) is 0 Å². The van der Waals surface area contributed by atoms with Gasteiger partial charge in [-0.25, -0.2) is 6.57 Å². The van der Waals surface area contributed by atoms with Gasteiger partial charge in [0.25, 0.3) is 5.69 Å².